The maximum absolute atomic E-state index is 12.4. The highest BCUT2D eigenvalue weighted by molar-refractivity contribution is 6.02. The molecule has 0 aliphatic heterocycles. The van der Waals surface area contributed by atoms with E-state index in [1.807, 2.05) is 47.6 Å². The number of carbonyl (C=O) groups is 1. The van der Waals surface area contributed by atoms with E-state index in [9.17, 15) is 9.59 Å². The summed E-state index contributed by atoms with van der Waals surface area (Å²) in [6.45, 7) is 13.9. The summed E-state index contributed by atoms with van der Waals surface area (Å²) in [6, 6.07) is 10.2. The first kappa shape index (κ1) is 24.4. The van der Waals surface area contributed by atoms with Crippen LogP contribution in [0.25, 0.3) is 22.0 Å². The molecule has 1 heterocycles. The van der Waals surface area contributed by atoms with E-state index in [0.717, 1.165) is 44.5 Å². The number of carbonyl (C=O) groups excluding carboxylic acids is 1. The fourth-order valence-electron chi connectivity index (χ4n) is 3.98. The fraction of sp³-hybridized carbons (Fsp3) is 0.407. The van der Waals surface area contributed by atoms with E-state index in [0.29, 0.717) is 12.1 Å². The lowest BCUT2D eigenvalue weighted by Gasteiger charge is -2.21. The van der Waals surface area contributed by atoms with Gasteiger partial charge < -0.3 is 19.8 Å². The van der Waals surface area contributed by atoms with Gasteiger partial charge in [-0.15, -0.1) is 0 Å². The fourth-order valence-corrected chi connectivity index (χ4v) is 3.98. The van der Waals surface area contributed by atoms with Crippen LogP contribution in [0.4, 0.5) is 4.79 Å². The summed E-state index contributed by atoms with van der Waals surface area (Å²) >= 11 is 0. The lowest BCUT2D eigenvalue weighted by Crippen LogP contribution is -2.34. The Bertz CT molecular complexity index is 1230. The molecule has 0 saturated heterocycles. The van der Waals surface area contributed by atoms with Crippen LogP contribution in [0.15, 0.2) is 35.1 Å². The van der Waals surface area contributed by atoms with Crippen molar-refractivity contribution in [3.63, 3.8) is 0 Å². The Hall–Kier alpha value is -3.28. The van der Waals surface area contributed by atoms with Crippen LogP contribution in [0.5, 0.6) is 5.75 Å². The summed E-state index contributed by atoms with van der Waals surface area (Å²) in [6.07, 6.45) is -0.415. The molecule has 0 spiro atoms. The van der Waals surface area contributed by atoms with Crippen LogP contribution in [0.1, 0.15) is 55.9 Å². The molecular formula is C27H34N2O4. The van der Waals surface area contributed by atoms with Gasteiger partial charge in [-0.25, -0.2) is 4.79 Å². The number of hydrogen-bond acceptors (Lipinski definition) is 4. The van der Waals surface area contributed by atoms with Crippen LogP contribution in [0.3, 0.4) is 0 Å². The van der Waals surface area contributed by atoms with E-state index < -0.39 is 11.7 Å². The monoisotopic (exact) mass is 450 g/mol. The quantitative estimate of drug-likeness (QED) is 0.518. The smallest absolute Gasteiger partial charge is 0.407 e. The van der Waals surface area contributed by atoms with E-state index in [-0.39, 0.29) is 11.5 Å². The number of aromatic amines is 1. The number of alkyl carbamates (subject to hydrolysis) is 1. The molecule has 0 aliphatic carbocycles. The van der Waals surface area contributed by atoms with Gasteiger partial charge >= 0.3 is 6.09 Å². The Morgan fingerprint density at radius 1 is 1.09 bits per heavy atom. The third-order valence-corrected chi connectivity index (χ3v) is 5.94. The highest BCUT2D eigenvalue weighted by Crippen LogP contribution is 2.40. The predicted molar refractivity (Wildman–Crippen MR) is 133 cm³/mol. The molecule has 0 bridgehead atoms. The van der Waals surface area contributed by atoms with Gasteiger partial charge in [0.25, 0.3) is 5.56 Å². The molecule has 6 nitrogen and oxygen atoms in total. The number of rotatable bonds is 5. The van der Waals surface area contributed by atoms with E-state index in [4.69, 9.17) is 9.47 Å². The minimum absolute atomic E-state index is 0.0686. The Morgan fingerprint density at radius 3 is 2.30 bits per heavy atom. The van der Waals surface area contributed by atoms with E-state index >= 15 is 0 Å². The van der Waals surface area contributed by atoms with Crippen molar-refractivity contribution >= 4 is 17.0 Å². The molecule has 3 aromatic rings. The lowest BCUT2D eigenvalue weighted by atomic mass is 9.91. The molecule has 1 atom stereocenters. The Labute approximate surface area is 195 Å². The molecular weight excluding hydrogens is 416 g/mol. The summed E-state index contributed by atoms with van der Waals surface area (Å²) in [5, 5.41) is 3.83. The maximum Gasteiger partial charge on any atom is 0.407 e. The Kier molecular flexibility index (Phi) is 6.86. The number of aromatic nitrogens is 1. The molecule has 0 fully saturated rings. The first-order chi connectivity index (χ1) is 15.4. The van der Waals surface area contributed by atoms with Crippen LogP contribution in [-0.2, 0) is 4.74 Å². The van der Waals surface area contributed by atoms with Gasteiger partial charge in [-0.3, -0.25) is 4.79 Å². The Balaban J connectivity index is 1.96. The lowest BCUT2D eigenvalue weighted by molar-refractivity contribution is 0.0525. The molecule has 1 aromatic heterocycles. The van der Waals surface area contributed by atoms with Gasteiger partial charge in [-0.05, 0) is 75.8 Å². The number of aryl methyl sites for hydroxylation is 2. The highest BCUT2D eigenvalue weighted by Gasteiger charge is 2.19. The van der Waals surface area contributed by atoms with Crippen molar-refractivity contribution in [2.75, 3.05) is 13.7 Å². The highest BCUT2D eigenvalue weighted by atomic mass is 16.6. The molecule has 0 radical (unpaired) electrons. The van der Waals surface area contributed by atoms with Crippen molar-refractivity contribution in [3.8, 4) is 16.9 Å². The van der Waals surface area contributed by atoms with Gasteiger partial charge in [0, 0.05) is 23.1 Å². The summed E-state index contributed by atoms with van der Waals surface area (Å²) in [4.78, 5) is 27.4. The zero-order valence-electron chi connectivity index (χ0n) is 20.8. The SMILES string of the molecule is COc1cc(C)c2[nH]c(=O)c(C)c(C)c2c1-c1ccc(C(C)CNC(=O)OC(C)(C)C)cc1. The van der Waals surface area contributed by atoms with Gasteiger partial charge in [-0.2, -0.15) is 0 Å². The average Bonchev–Trinajstić information content (AvgIpc) is 2.75. The van der Waals surface area contributed by atoms with Crippen molar-refractivity contribution in [1.82, 2.24) is 10.3 Å². The van der Waals surface area contributed by atoms with Crippen molar-refractivity contribution in [1.29, 1.82) is 0 Å². The second-order valence-corrected chi connectivity index (χ2v) is 9.63. The summed E-state index contributed by atoms with van der Waals surface area (Å²) in [5.41, 5.74) is 5.92. The van der Waals surface area contributed by atoms with E-state index in [2.05, 4.69) is 41.5 Å². The first-order valence-corrected chi connectivity index (χ1v) is 11.2. The van der Waals surface area contributed by atoms with Crippen LogP contribution >= 0.6 is 0 Å². The van der Waals surface area contributed by atoms with Gasteiger partial charge in [0.1, 0.15) is 11.4 Å². The number of ether oxygens (including phenoxy) is 2. The average molecular weight is 451 g/mol. The Morgan fingerprint density at radius 2 is 1.73 bits per heavy atom. The maximum atomic E-state index is 12.4. The molecule has 3 rings (SSSR count). The van der Waals surface area contributed by atoms with Crippen LogP contribution in [-0.4, -0.2) is 30.3 Å². The predicted octanol–water partition coefficient (Wildman–Crippen LogP) is 5.76. The second kappa shape index (κ2) is 9.30. The number of nitrogens with one attached hydrogen (secondary N) is 2. The number of H-pyrrole nitrogens is 1. The largest absolute Gasteiger partial charge is 0.496 e. The molecule has 6 heteroatoms. The van der Waals surface area contributed by atoms with Crippen LogP contribution in [0.2, 0.25) is 0 Å². The van der Waals surface area contributed by atoms with Crippen LogP contribution < -0.4 is 15.6 Å². The molecule has 0 aliphatic rings. The summed E-state index contributed by atoms with van der Waals surface area (Å²) in [5.74, 6) is 0.880. The zero-order valence-corrected chi connectivity index (χ0v) is 20.8. The number of hydrogen-bond donors (Lipinski definition) is 2. The van der Waals surface area contributed by atoms with Crippen molar-refractivity contribution in [3.05, 3.63) is 62.9 Å². The molecule has 176 valence electrons. The molecule has 2 aromatic carbocycles. The summed E-state index contributed by atoms with van der Waals surface area (Å²) in [7, 11) is 1.66. The van der Waals surface area contributed by atoms with Gasteiger partial charge in [0.05, 0.1) is 12.6 Å². The number of methoxy groups -OCH3 is 1. The van der Waals surface area contributed by atoms with Gasteiger partial charge in [0.15, 0.2) is 0 Å². The number of pyridine rings is 1. The first-order valence-electron chi connectivity index (χ1n) is 11.2. The molecule has 2 N–H and O–H groups in total. The normalized spacial score (nSPS) is 12.5. The van der Waals surface area contributed by atoms with E-state index in [1.54, 1.807) is 7.11 Å². The summed E-state index contributed by atoms with van der Waals surface area (Å²) < 4.78 is 11.1. The second-order valence-electron chi connectivity index (χ2n) is 9.63. The zero-order chi connectivity index (χ0) is 24.5. The number of benzene rings is 2. The van der Waals surface area contributed by atoms with Crippen molar-refractivity contribution in [2.45, 2.75) is 60.0 Å². The van der Waals surface area contributed by atoms with E-state index in [1.165, 1.54) is 0 Å². The molecule has 1 unspecified atom stereocenters. The van der Waals surface area contributed by atoms with Crippen molar-refractivity contribution < 1.29 is 14.3 Å². The van der Waals surface area contributed by atoms with Gasteiger partial charge in [0.2, 0.25) is 0 Å². The molecule has 0 saturated carbocycles. The van der Waals surface area contributed by atoms with Crippen LogP contribution in [0, 0.1) is 20.8 Å². The third-order valence-electron chi connectivity index (χ3n) is 5.94. The number of amides is 1. The minimum Gasteiger partial charge on any atom is -0.496 e. The minimum atomic E-state index is -0.522. The van der Waals surface area contributed by atoms with Gasteiger partial charge in [-0.1, -0.05) is 31.2 Å². The molecule has 1 amide bonds. The molecule has 33 heavy (non-hydrogen) atoms. The topological polar surface area (TPSA) is 80.4 Å². The third kappa shape index (κ3) is 5.21. The number of fused-ring (bicyclic) bond motifs is 1. The standard InChI is InChI=1S/C27H34N2O4/c1-15-13-21(32-8)23(22-17(3)18(4)25(30)29-24(15)22)20-11-9-19(10-12-20)16(2)14-28-26(31)33-27(5,6)7/h9-13,16H,14H2,1-8H3,(H,28,31)(H,29,30). The van der Waals surface area contributed by atoms with Crippen molar-refractivity contribution in [2.24, 2.45) is 0 Å².